The van der Waals surface area contributed by atoms with E-state index in [1.54, 1.807) is 9.80 Å². The lowest BCUT2D eigenvalue weighted by Gasteiger charge is -2.31. The van der Waals surface area contributed by atoms with Crippen molar-refractivity contribution in [1.82, 2.24) is 20.4 Å². The van der Waals surface area contributed by atoms with Gasteiger partial charge in [0.05, 0.1) is 13.2 Å². The zero-order valence-corrected chi connectivity index (χ0v) is 17.6. The SMILES string of the molecule is O=C1NC(=O)N2C(C3CCCC3)OC[C@H]12.O=C1NC(=O)N2C(C3CCCCC3)OC[C@H]12. The highest BCUT2D eigenvalue weighted by Gasteiger charge is 2.51. The fraction of sp³-hybridized carbons (Fsp3) is 0.810. The lowest BCUT2D eigenvalue weighted by molar-refractivity contribution is -0.121. The van der Waals surface area contributed by atoms with Crippen molar-refractivity contribution >= 4 is 23.9 Å². The third-order valence-electron chi connectivity index (χ3n) is 7.46. The van der Waals surface area contributed by atoms with E-state index in [-0.39, 0.29) is 48.4 Å². The van der Waals surface area contributed by atoms with Gasteiger partial charge in [-0.15, -0.1) is 0 Å². The number of fused-ring (bicyclic) bond motifs is 2. The third kappa shape index (κ3) is 3.69. The van der Waals surface area contributed by atoms with E-state index < -0.39 is 0 Å². The third-order valence-corrected chi connectivity index (χ3v) is 7.46. The molecule has 31 heavy (non-hydrogen) atoms. The molecule has 0 radical (unpaired) electrons. The average molecular weight is 434 g/mol. The van der Waals surface area contributed by atoms with Crippen molar-refractivity contribution in [2.75, 3.05) is 13.2 Å². The maximum absolute atomic E-state index is 11.6. The molecule has 6 aliphatic rings. The van der Waals surface area contributed by atoms with Crippen LogP contribution in [0.2, 0.25) is 0 Å². The molecule has 4 atom stereocenters. The van der Waals surface area contributed by atoms with Crippen LogP contribution in [-0.2, 0) is 19.1 Å². The van der Waals surface area contributed by atoms with Gasteiger partial charge in [0.25, 0.3) is 11.8 Å². The van der Waals surface area contributed by atoms with Crippen LogP contribution in [0.1, 0.15) is 57.8 Å². The van der Waals surface area contributed by atoms with Gasteiger partial charge in [-0.3, -0.25) is 30.0 Å². The van der Waals surface area contributed by atoms with Crippen molar-refractivity contribution < 1.29 is 28.7 Å². The molecule has 10 heteroatoms. The molecule has 6 amide bonds. The molecule has 6 rings (SSSR count). The van der Waals surface area contributed by atoms with E-state index in [2.05, 4.69) is 10.6 Å². The van der Waals surface area contributed by atoms with E-state index in [1.807, 2.05) is 0 Å². The van der Waals surface area contributed by atoms with E-state index in [1.165, 1.54) is 32.1 Å². The van der Waals surface area contributed by atoms with Crippen molar-refractivity contribution in [3.63, 3.8) is 0 Å². The minimum absolute atomic E-state index is 0.163. The Kier molecular flexibility index (Phi) is 5.60. The summed E-state index contributed by atoms with van der Waals surface area (Å²) >= 11 is 0. The van der Waals surface area contributed by atoms with Gasteiger partial charge in [0.1, 0.15) is 24.5 Å². The predicted octanol–water partition coefficient (Wildman–Crippen LogP) is 1.30. The molecule has 0 aromatic rings. The van der Waals surface area contributed by atoms with Crippen LogP contribution in [0.3, 0.4) is 0 Å². The molecule has 2 aliphatic carbocycles. The molecular weight excluding hydrogens is 404 g/mol. The maximum Gasteiger partial charge on any atom is 0.326 e. The van der Waals surface area contributed by atoms with Gasteiger partial charge in [-0.1, -0.05) is 32.1 Å². The van der Waals surface area contributed by atoms with Gasteiger partial charge >= 0.3 is 12.1 Å². The molecule has 0 bridgehead atoms. The second-order valence-corrected chi connectivity index (χ2v) is 9.33. The van der Waals surface area contributed by atoms with Gasteiger partial charge in [0.2, 0.25) is 0 Å². The van der Waals surface area contributed by atoms with Crippen molar-refractivity contribution in [1.29, 1.82) is 0 Å². The molecule has 6 fully saturated rings. The fourth-order valence-electron chi connectivity index (χ4n) is 5.87. The van der Waals surface area contributed by atoms with Crippen LogP contribution in [0.4, 0.5) is 9.59 Å². The second-order valence-electron chi connectivity index (χ2n) is 9.33. The normalized spacial score (nSPS) is 35.7. The monoisotopic (exact) mass is 434 g/mol. The number of urea groups is 2. The first-order valence-corrected chi connectivity index (χ1v) is 11.5. The van der Waals surface area contributed by atoms with E-state index in [0.717, 1.165) is 25.7 Å². The first-order valence-electron chi connectivity index (χ1n) is 11.5. The van der Waals surface area contributed by atoms with Crippen molar-refractivity contribution in [3.05, 3.63) is 0 Å². The Morgan fingerprint density at radius 3 is 1.42 bits per heavy atom. The summed E-state index contributed by atoms with van der Waals surface area (Å²) in [4.78, 5) is 49.2. The number of amides is 6. The van der Waals surface area contributed by atoms with Gasteiger partial charge in [-0.25, -0.2) is 9.59 Å². The van der Waals surface area contributed by atoms with Crippen molar-refractivity contribution in [2.24, 2.45) is 11.8 Å². The summed E-state index contributed by atoms with van der Waals surface area (Å²) in [6.45, 7) is 0.720. The van der Waals surface area contributed by atoms with Gasteiger partial charge in [0.15, 0.2) is 0 Å². The summed E-state index contributed by atoms with van der Waals surface area (Å²) in [5, 5.41) is 4.70. The Bertz CT molecular complexity index is 763. The number of carbonyl (C=O) groups is 4. The number of ether oxygens (including phenoxy) is 2. The van der Waals surface area contributed by atoms with Crippen LogP contribution >= 0.6 is 0 Å². The zero-order chi connectivity index (χ0) is 21.5. The van der Waals surface area contributed by atoms with Crippen LogP contribution < -0.4 is 10.6 Å². The first-order chi connectivity index (χ1) is 15.0. The number of hydrogen-bond acceptors (Lipinski definition) is 6. The molecule has 0 aromatic heterocycles. The van der Waals surface area contributed by atoms with Crippen LogP contribution in [0.15, 0.2) is 0 Å². The second kappa shape index (κ2) is 8.38. The van der Waals surface area contributed by atoms with Gasteiger partial charge < -0.3 is 9.47 Å². The van der Waals surface area contributed by atoms with Gasteiger partial charge in [-0.05, 0) is 25.7 Å². The predicted molar refractivity (Wildman–Crippen MR) is 106 cm³/mol. The molecule has 4 heterocycles. The average Bonchev–Trinajstić information content (AvgIpc) is 3.56. The molecular formula is C21H30N4O6. The molecule has 4 aliphatic heterocycles. The molecule has 0 aromatic carbocycles. The fourth-order valence-corrected chi connectivity index (χ4v) is 5.87. The summed E-state index contributed by atoms with van der Waals surface area (Å²) in [7, 11) is 0. The lowest BCUT2D eigenvalue weighted by Crippen LogP contribution is -2.42. The number of carbonyl (C=O) groups excluding carboxylic acids is 4. The van der Waals surface area contributed by atoms with E-state index in [0.29, 0.717) is 25.0 Å². The van der Waals surface area contributed by atoms with E-state index >= 15 is 0 Å². The summed E-state index contributed by atoms with van der Waals surface area (Å²) < 4.78 is 11.2. The Morgan fingerprint density at radius 2 is 1.00 bits per heavy atom. The molecule has 0 spiro atoms. The lowest BCUT2D eigenvalue weighted by atomic mass is 9.87. The van der Waals surface area contributed by atoms with Gasteiger partial charge in [-0.2, -0.15) is 0 Å². The highest BCUT2D eigenvalue weighted by atomic mass is 16.5. The molecule has 2 N–H and O–H groups in total. The Labute approximate surface area is 181 Å². The molecule has 2 saturated carbocycles. The highest BCUT2D eigenvalue weighted by Crippen LogP contribution is 2.36. The van der Waals surface area contributed by atoms with Crippen LogP contribution in [-0.4, -0.2) is 71.4 Å². The quantitative estimate of drug-likeness (QED) is 0.633. The Hall–Kier alpha value is -2.20. The van der Waals surface area contributed by atoms with Crippen LogP contribution in [0.25, 0.3) is 0 Å². The first kappa shape index (κ1) is 20.7. The van der Waals surface area contributed by atoms with Crippen molar-refractivity contribution in [3.8, 4) is 0 Å². The molecule has 4 saturated heterocycles. The van der Waals surface area contributed by atoms with E-state index in [9.17, 15) is 19.2 Å². The topological polar surface area (TPSA) is 117 Å². The standard InChI is InChI=1S/C11H16N2O3.C10H14N2O3/c14-9-8-6-16-10(13(8)11(15)12-9)7-4-2-1-3-5-7;13-8-7-5-15-9(6-3-1-2-4-6)12(7)10(14)11-8/h7-8,10H,1-6H2,(H,12,14,15);6-7,9H,1-5H2,(H,11,13,14)/t8-,10?;7-,9?/m11/s1. The number of rotatable bonds is 2. The molecule has 10 nitrogen and oxygen atoms in total. The summed E-state index contributed by atoms with van der Waals surface area (Å²) in [5.74, 6) is 0.422. The summed E-state index contributed by atoms with van der Waals surface area (Å²) in [5.41, 5.74) is 0. The summed E-state index contributed by atoms with van der Waals surface area (Å²) in [6, 6.07) is -1.30. The number of nitrogens with zero attached hydrogens (tertiary/aromatic N) is 2. The minimum Gasteiger partial charge on any atom is -0.355 e. The summed E-state index contributed by atoms with van der Waals surface area (Å²) in [6.07, 6.45) is 10.2. The maximum atomic E-state index is 11.6. The minimum atomic E-state index is -0.376. The smallest absolute Gasteiger partial charge is 0.326 e. The number of imide groups is 2. The molecule has 170 valence electrons. The van der Waals surface area contributed by atoms with Gasteiger partial charge in [0, 0.05) is 11.8 Å². The van der Waals surface area contributed by atoms with E-state index in [4.69, 9.17) is 9.47 Å². The van der Waals surface area contributed by atoms with Crippen molar-refractivity contribution in [2.45, 2.75) is 82.3 Å². The van der Waals surface area contributed by atoms with Crippen LogP contribution in [0, 0.1) is 11.8 Å². The van der Waals surface area contributed by atoms with Crippen LogP contribution in [0.5, 0.6) is 0 Å². The number of hydrogen-bond donors (Lipinski definition) is 2. The highest BCUT2D eigenvalue weighted by molar-refractivity contribution is 6.05. The Balaban J connectivity index is 0.000000132. The Morgan fingerprint density at radius 1 is 0.613 bits per heavy atom. The zero-order valence-electron chi connectivity index (χ0n) is 17.6. The number of nitrogens with one attached hydrogen (secondary N) is 2. The largest absolute Gasteiger partial charge is 0.355 e. The molecule has 2 unspecified atom stereocenters.